The molecule has 2 heterocycles. The number of carbonyl (C=O) groups is 2. The van der Waals surface area contributed by atoms with Crippen molar-refractivity contribution in [1.29, 1.82) is 0 Å². The Morgan fingerprint density at radius 3 is 2.91 bits per heavy atom. The van der Waals surface area contributed by atoms with E-state index in [4.69, 9.17) is 0 Å². The minimum absolute atomic E-state index is 0.329. The zero-order valence-electron chi connectivity index (χ0n) is 13.3. The van der Waals surface area contributed by atoms with Gasteiger partial charge in [0.25, 0.3) is 0 Å². The number of likely N-dealkylation sites (N-methyl/N-ethyl adjacent to an activating group) is 1. The van der Waals surface area contributed by atoms with E-state index in [2.05, 4.69) is 27.4 Å². The van der Waals surface area contributed by atoms with Crippen LogP contribution in [0, 0.1) is 6.92 Å². The van der Waals surface area contributed by atoms with E-state index in [1.165, 1.54) is 12.8 Å². The lowest BCUT2D eigenvalue weighted by atomic mass is 10.0. The molecule has 1 atom stereocenters. The van der Waals surface area contributed by atoms with E-state index >= 15 is 0 Å². The first-order valence-corrected chi connectivity index (χ1v) is 7.85. The Morgan fingerprint density at radius 2 is 2.18 bits per heavy atom. The number of carbonyl (C=O) groups excluding carboxylic acids is 2. The third kappa shape index (κ3) is 4.27. The summed E-state index contributed by atoms with van der Waals surface area (Å²) in [5, 5.41) is 5.34. The minimum atomic E-state index is -0.644. The highest BCUT2D eigenvalue weighted by Gasteiger charge is 2.23. The Kier molecular flexibility index (Phi) is 5.89. The standard InChI is InChI=1S/C16H24N4O2/c1-3-20-9-5-4-6-13(20)10-18-15(21)16(22)19-14-11-17-8-7-12(14)2/h7-8,11,13H,3-6,9-10H2,1-2H3,(H,18,21)(H,19,22). The van der Waals surface area contributed by atoms with Crippen molar-refractivity contribution in [1.82, 2.24) is 15.2 Å². The number of aromatic nitrogens is 1. The second-order valence-corrected chi connectivity index (χ2v) is 5.63. The number of pyridine rings is 1. The molecule has 0 saturated carbocycles. The van der Waals surface area contributed by atoms with Gasteiger partial charge >= 0.3 is 11.8 Å². The summed E-state index contributed by atoms with van der Waals surface area (Å²) >= 11 is 0. The van der Waals surface area contributed by atoms with Gasteiger partial charge in [0, 0.05) is 18.8 Å². The molecule has 1 saturated heterocycles. The molecule has 1 aromatic heterocycles. The second kappa shape index (κ2) is 7.89. The molecule has 1 unspecified atom stereocenters. The smallest absolute Gasteiger partial charge is 0.313 e. The van der Waals surface area contributed by atoms with Gasteiger partial charge in [-0.05, 0) is 44.5 Å². The number of nitrogens with zero attached hydrogens (tertiary/aromatic N) is 2. The van der Waals surface area contributed by atoms with Crippen molar-refractivity contribution in [3.05, 3.63) is 24.0 Å². The number of amides is 2. The first-order chi connectivity index (χ1) is 10.6. The predicted octanol–water partition coefficient (Wildman–Crippen LogP) is 1.32. The minimum Gasteiger partial charge on any atom is -0.346 e. The van der Waals surface area contributed by atoms with Gasteiger partial charge in [-0.1, -0.05) is 13.3 Å². The lowest BCUT2D eigenvalue weighted by molar-refractivity contribution is -0.136. The summed E-state index contributed by atoms with van der Waals surface area (Å²) in [6, 6.07) is 2.12. The molecule has 0 aliphatic carbocycles. The number of aryl methyl sites for hydroxylation is 1. The molecular weight excluding hydrogens is 280 g/mol. The third-order valence-corrected chi connectivity index (χ3v) is 4.15. The van der Waals surface area contributed by atoms with E-state index in [-0.39, 0.29) is 0 Å². The number of rotatable bonds is 4. The SMILES string of the molecule is CCN1CCCCC1CNC(=O)C(=O)Nc1cnccc1C. The van der Waals surface area contributed by atoms with Crippen LogP contribution in [-0.2, 0) is 9.59 Å². The van der Waals surface area contributed by atoms with Gasteiger partial charge in [0.2, 0.25) is 0 Å². The topological polar surface area (TPSA) is 74.3 Å². The van der Waals surface area contributed by atoms with Crippen molar-refractivity contribution in [2.75, 3.05) is 25.0 Å². The van der Waals surface area contributed by atoms with Crippen LogP contribution in [0.5, 0.6) is 0 Å². The second-order valence-electron chi connectivity index (χ2n) is 5.63. The number of hydrogen-bond acceptors (Lipinski definition) is 4. The number of piperidine rings is 1. The van der Waals surface area contributed by atoms with Gasteiger partial charge in [0.05, 0.1) is 11.9 Å². The first-order valence-electron chi connectivity index (χ1n) is 7.85. The van der Waals surface area contributed by atoms with Crippen LogP contribution >= 0.6 is 0 Å². The number of hydrogen-bond donors (Lipinski definition) is 2. The van der Waals surface area contributed by atoms with Crippen LogP contribution in [0.2, 0.25) is 0 Å². The van der Waals surface area contributed by atoms with Crippen LogP contribution in [0.15, 0.2) is 18.5 Å². The van der Waals surface area contributed by atoms with E-state index in [0.717, 1.165) is 25.1 Å². The normalized spacial score (nSPS) is 18.7. The molecule has 1 aliphatic rings. The maximum Gasteiger partial charge on any atom is 0.313 e. The molecule has 2 N–H and O–H groups in total. The number of likely N-dealkylation sites (tertiary alicyclic amines) is 1. The van der Waals surface area contributed by atoms with Crippen LogP contribution in [-0.4, -0.2) is 47.4 Å². The average Bonchev–Trinajstić information content (AvgIpc) is 2.54. The summed E-state index contributed by atoms with van der Waals surface area (Å²) in [6.45, 7) is 6.54. The quantitative estimate of drug-likeness (QED) is 0.823. The first kappa shape index (κ1) is 16.4. The molecule has 1 aromatic rings. The van der Waals surface area contributed by atoms with Gasteiger partial charge < -0.3 is 10.6 Å². The fraction of sp³-hybridized carbons (Fsp3) is 0.562. The van der Waals surface area contributed by atoms with Gasteiger partial charge in [-0.25, -0.2) is 0 Å². The van der Waals surface area contributed by atoms with Crippen molar-refractivity contribution < 1.29 is 9.59 Å². The summed E-state index contributed by atoms with van der Waals surface area (Å²) in [6.07, 6.45) is 6.64. The zero-order valence-corrected chi connectivity index (χ0v) is 13.3. The number of nitrogens with one attached hydrogen (secondary N) is 2. The van der Waals surface area contributed by atoms with E-state index in [1.54, 1.807) is 18.5 Å². The van der Waals surface area contributed by atoms with Crippen LogP contribution in [0.3, 0.4) is 0 Å². The zero-order chi connectivity index (χ0) is 15.9. The Morgan fingerprint density at radius 1 is 1.36 bits per heavy atom. The molecule has 0 spiro atoms. The highest BCUT2D eigenvalue weighted by atomic mass is 16.2. The molecule has 0 radical (unpaired) electrons. The molecule has 1 fully saturated rings. The third-order valence-electron chi connectivity index (χ3n) is 4.15. The average molecular weight is 304 g/mol. The molecule has 6 heteroatoms. The van der Waals surface area contributed by atoms with E-state index in [1.807, 2.05) is 6.92 Å². The monoisotopic (exact) mass is 304 g/mol. The molecule has 6 nitrogen and oxygen atoms in total. The highest BCUT2D eigenvalue weighted by molar-refractivity contribution is 6.39. The van der Waals surface area contributed by atoms with Gasteiger partial charge in [-0.2, -0.15) is 0 Å². The van der Waals surface area contributed by atoms with Gasteiger partial charge in [-0.15, -0.1) is 0 Å². The predicted molar refractivity (Wildman–Crippen MR) is 85.5 cm³/mol. The molecule has 0 aromatic carbocycles. The van der Waals surface area contributed by atoms with Crippen molar-refractivity contribution in [2.24, 2.45) is 0 Å². The van der Waals surface area contributed by atoms with E-state index in [0.29, 0.717) is 18.3 Å². The molecule has 120 valence electrons. The summed E-state index contributed by atoms with van der Waals surface area (Å²) in [4.78, 5) is 30.2. The maximum atomic E-state index is 11.9. The Balaban J connectivity index is 1.84. The highest BCUT2D eigenvalue weighted by Crippen LogP contribution is 2.15. The van der Waals surface area contributed by atoms with Crippen LogP contribution in [0.25, 0.3) is 0 Å². The van der Waals surface area contributed by atoms with Crippen molar-refractivity contribution in [2.45, 2.75) is 39.2 Å². The van der Waals surface area contributed by atoms with Gasteiger partial charge in [0.15, 0.2) is 0 Å². The number of anilines is 1. The lowest BCUT2D eigenvalue weighted by Crippen LogP contribution is -2.48. The molecular formula is C16H24N4O2. The lowest BCUT2D eigenvalue weighted by Gasteiger charge is -2.34. The van der Waals surface area contributed by atoms with Crippen LogP contribution in [0.1, 0.15) is 31.7 Å². The molecule has 2 rings (SSSR count). The van der Waals surface area contributed by atoms with E-state index < -0.39 is 11.8 Å². The van der Waals surface area contributed by atoms with Crippen molar-refractivity contribution >= 4 is 17.5 Å². The summed E-state index contributed by atoms with van der Waals surface area (Å²) in [7, 11) is 0. The van der Waals surface area contributed by atoms with Crippen LogP contribution < -0.4 is 10.6 Å². The molecule has 0 bridgehead atoms. The molecule has 22 heavy (non-hydrogen) atoms. The summed E-state index contributed by atoms with van der Waals surface area (Å²) < 4.78 is 0. The fourth-order valence-electron chi connectivity index (χ4n) is 2.77. The van der Waals surface area contributed by atoms with Gasteiger partial charge in [0.1, 0.15) is 0 Å². The maximum absolute atomic E-state index is 11.9. The van der Waals surface area contributed by atoms with E-state index in [9.17, 15) is 9.59 Å². The fourth-order valence-corrected chi connectivity index (χ4v) is 2.77. The molecule has 2 amide bonds. The van der Waals surface area contributed by atoms with Gasteiger partial charge in [-0.3, -0.25) is 19.5 Å². The Bertz CT molecular complexity index is 533. The summed E-state index contributed by atoms with van der Waals surface area (Å²) in [5.74, 6) is -1.24. The molecule has 1 aliphatic heterocycles. The summed E-state index contributed by atoms with van der Waals surface area (Å²) in [5.41, 5.74) is 1.44. The Labute approximate surface area is 131 Å². The van der Waals surface area contributed by atoms with Crippen LogP contribution in [0.4, 0.5) is 5.69 Å². The van der Waals surface area contributed by atoms with Crippen molar-refractivity contribution in [3.63, 3.8) is 0 Å². The van der Waals surface area contributed by atoms with Crippen molar-refractivity contribution in [3.8, 4) is 0 Å². The Hall–Kier alpha value is -1.95. The largest absolute Gasteiger partial charge is 0.346 e.